The lowest BCUT2D eigenvalue weighted by Crippen LogP contribution is -1.99. The van der Waals surface area contributed by atoms with Crippen LogP contribution in [0.3, 0.4) is 0 Å². The molecular weight excluding hydrogens is 545 g/mol. The summed E-state index contributed by atoms with van der Waals surface area (Å²) < 4.78 is 12.4. The number of nitrogens with zero attached hydrogens (tertiary/aromatic N) is 2. The van der Waals surface area contributed by atoms with Gasteiger partial charge in [0.2, 0.25) is 5.13 Å². The number of hydrazone groups is 1. The number of anilines is 1. The maximum absolute atomic E-state index is 6.22. The molecule has 1 heterocycles. The van der Waals surface area contributed by atoms with Crippen LogP contribution in [0.25, 0.3) is 11.3 Å². The van der Waals surface area contributed by atoms with Gasteiger partial charge < -0.3 is 9.47 Å². The smallest absolute Gasteiger partial charge is 0.203 e. The van der Waals surface area contributed by atoms with E-state index in [1.54, 1.807) is 25.5 Å². The highest BCUT2D eigenvalue weighted by Gasteiger charge is 2.08. The van der Waals surface area contributed by atoms with Gasteiger partial charge in [-0.2, -0.15) is 5.10 Å². The number of halogens is 3. The van der Waals surface area contributed by atoms with Crippen LogP contribution in [0.5, 0.6) is 11.5 Å². The molecule has 33 heavy (non-hydrogen) atoms. The minimum absolute atomic E-state index is 0.298. The second-order valence-electron chi connectivity index (χ2n) is 6.85. The molecule has 4 rings (SSSR count). The first-order valence-corrected chi connectivity index (χ1v) is 12.2. The second-order valence-corrected chi connectivity index (χ2v) is 9.47. The minimum Gasteiger partial charge on any atom is -0.493 e. The zero-order valence-electron chi connectivity index (χ0n) is 17.4. The minimum atomic E-state index is 0.298. The van der Waals surface area contributed by atoms with Crippen molar-refractivity contribution in [1.82, 2.24) is 4.98 Å². The lowest BCUT2D eigenvalue weighted by molar-refractivity contribution is 0.284. The van der Waals surface area contributed by atoms with Crippen LogP contribution in [0, 0.1) is 0 Å². The third-order valence-corrected chi connectivity index (χ3v) is 6.47. The fraction of sp³-hybridized carbons (Fsp3) is 0.0833. The van der Waals surface area contributed by atoms with Gasteiger partial charge in [-0.15, -0.1) is 11.3 Å². The van der Waals surface area contributed by atoms with Crippen LogP contribution in [0.4, 0.5) is 5.13 Å². The Morgan fingerprint density at radius 1 is 1.06 bits per heavy atom. The molecule has 0 aliphatic carbocycles. The summed E-state index contributed by atoms with van der Waals surface area (Å²) in [6, 6.07) is 18.9. The summed E-state index contributed by atoms with van der Waals surface area (Å²) in [5.74, 6) is 1.20. The molecule has 0 aliphatic heterocycles. The topological polar surface area (TPSA) is 55.7 Å². The number of aromatic nitrogens is 1. The summed E-state index contributed by atoms with van der Waals surface area (Å²) in [4.78, 5) is 4.57. The van der Waals surface area contributed by atoms with Gasteiger partial charge in [-0.25, -0.2) is 4.98 Å². The zero-order valence-corrected chi connectivity index (χ0v) is 21.3. The molecular formula is C24H18BrCl2N3O2S. The summed E-state index contributed by atoms with van der Waals surface area (Å²) in [7, 11) is 1.59. The number of thiazole rings is 1. The number of nitrogens with one attached hydrogen (secondary N) is 1. The number of benzene rings is 3. The van der Waals surface area contributed by atoms with Crippen molar-refractivity contribution in [3.8, 4) is 22.8 Å². The van der Waals surface area contributed by atoms with Gasteiger partial charge in [0, 0.05) is 31.0 Å². The maximum atomic E-state index is 6.22. The molecule has 9 heteroatoms. The van der Waals surface area contributed by atoms with Crippen molar-refractivity contribution in [2.24, 2.45) is 5.10 Å². The summed E-state index contributed by atoms with van der Waals surface area (Å²) in [6.45, 7) is 0.298. The third kappa shape index (κ3) is 6.26. The summed E-state index contributed by atoms with van der Waals surface area (Å²) in [6.07, 6.45) is 1.70. The standard InChI is InChI=1S/C24H18BrCl2N3O2S/c1-31-23-10-15(2-9-22(23)32-13-17-5-8-19(26)11-20(17)27)12-28-30-24-29-21(14-33-24)16-3-6-18(25)7-4-16/h2-12,14H,13H2,1H3,(H,29,30)/b28-12+. The molecule has 1 N–H and O–H groups in total. The van der Waals surface area contributed by atoms with Gasteiger partial charge in [-0.1, -0.05) is 57.3 Å². The van der Waals surface area contributed by atoms with Crippen molar-refractivity contribution >= 4 is 61.8 Å². The highest BCUT2D eigenvalue weighted by molar-refractivity contribution is 9.10. The van der Waals surface area contributed by atoms with E-state index in [1.165, 1.54) is 11.3 Å². The second kappa shape index (κ2) is 11.0. The van der Waals surface area contributed by atoms with Gasteiger partial charge in [-0.05, 0) is 48.0 Å². The van der Waals surface area contributed by atoms with E-state index in [1.807, 2.05) is 53.9 Å². The van der Waals surface area contributed by atoms with Crippen molar-refractivity contribution < 1.29 is 9.47 Å². The van der Waals surface area contributed by atoms with Crippen LogP contribution < -0.4 is 14.9 Å². The molecule has 0 spiro atoms. The van der Waals surface area contributed by atoms with Crippen molar-refractivity contribution in [2.45, 2.75) is 6.61 Å². The van der Waals surface area contributed by atoms with Gasteiger partial charge in [-0.3, -0.25) is 5.43 Å². The summed E-state index contributed by atoms with van der Waals surface area (Å²) in [5.41, 5.74) is 6.60. The van der Waals surface area contributed by atoms with E-state index in [9.17, 15) is 0 Å². The van der Waals surface area contributed by atoms with Crippen LogP contribution in [-0.4, -0.2) is 18.3 Å². The average molecular weight is 563 g/mol. The Morgan fingerprint density at radius 2 is 1.88 bits per heavy atom. The zero-order chi connectivity index (χ0) is 23.2. The highest BCUT2D eigenvalue weighted by atomic mass is 79.9. The Hall–Kier alpha value is -2.58. The van der Waals surface area contributed by atoms with Crippen molar-refractivity contribution in [3.05, 3.63) is 91.7 Å². The first-order valence-electron chi connectivity index (χ1n) is 9.77. The van der Waals surface area contributed by atoms with E-state index in [4.69, 9.17) is 32.7 Å². The predicted octanol–water partition coefficient (Wildman–Crippen LogP) is 7.91. The number of hydrogen-bond donors (Lipinski definition) is 1. The normalized spacial score (nSPS) is 11.0. The molecule has 4 aromatic rings. The van der Waals surface area contributed by atoms with E-state index in [-0.39, 0.29) is 0 Å². The Labute approximate surface area is 214 Å². The van der Waals surface area contributed by atoms with Gasteiger partial charge >= 0.3 is 0 Å². The quantitative estimate of drug-likeness (QED) is 0.175. The highest BCUT2D eigenvalue weighted by Crippen LogP contribution is 2.30. The SMILES string of the molecule is COc1cc(/C=N/Nc2nc(-c3ccc(Br)cc3)cs2)ccc1OCc1ccc(Cl)cc1Cl. The largest absolute Gasteiger partial charge is 0.493 e. The fourth-order valence-corrected chi connectivity index (χ4v) is 4.31. The number of rotatable bonds is 8. The number of hydrogen-bond acceptors (Lipinski definition) is 6. The molecule has 0 aliphatic rings. The van der Waals surface area contributed by atoms with Gasteiger partial charge in [0.1, 0.15) is 6.61 Å². The molecule has 0 bridgehead atoms. The van der Waals surface area contributed by atoms with E-state index in [2.05, 4.69) is 31.4 Å². The van der Waals surface area contributed by atoms with Gasteiger partial charge in [0.15, 0.2) is 11.5 Å². The van der Waals surface area contributed by atoms with Crippen LogP contribution in [0.15, 0.2) is 75.6 Å². The Balaban J connectivity index is 1.39. The lowest BCUT2D eigenvalue weighted by atomic mass is 10.2. The molecule has 5 nitrogen and oxygen atoms in total. The molecule has 0 fully saturated rings. The van der Waals surface area contributed by atoms with E-state index < -0.39 is 0 Å². The Kier molecular flexibility index (Phi) is 7.88. The predicted molar refractivity (Wildman–Crippen MR) is 140 cm³/mol. The number of methoxy groups -OCH3 is 1. The molecule has 0 radical (unpaired) electrons. The van der Waals surface area contributed by atoms with Crippen molar-refractivity contribution in [3.63, 3.8) is 0 Å². The average Bonchev–Trinajstić information content (AvgIpc) is 3.28. The number of ether oxygens (including phenoxy) is 2. The molecule has 0 saturated heterocycles. The molecule has 0 saturated carbocycles. The maximum Gasteiger partial charge on any atom is 0.203 e. The van der Waals surface area contributed by atoms with Crippen LogP contribution >= 0.6 is 50.5 Å². The fourth-order valence-electron chi connectivity index (χ4n) is 2.92. The monoisotopic (exact) mass is 561 g/mol. The Morgan fingerprint density at radius 3 is 2.64 bits per heavy atom. The molecule has 0 atom stereocenters. The first kappa shape index (κ1) is 23.6. The lowest BCUT2D eigenvalue weighted by Gasteiger charge is -2.12. The van der Waals surface area contributed by atoms with Crippen molar-refractivity contribution in [2.75, 3.05) is 12.5 Å². The Bertz CT molecular complexity index is 1280. The molecule has 3 aromatic carbocycles. The third-order valence-electron chi connectivity index (χ3n) is 4.60. The first-order chi connectivity index (χ1) is 16.0. The van der Waals surface area contributed by atoms with E-state index >= 15 is 0 Å². The van der Waals surface area contributed by atoms with E-state index in [0.717, 1.165) is 26.9 Å². The molecule has 168 valence electrons. The summed E-state index contributed by atoms with van der Waals surface area (Å²) >= 11 is 17.1. The molecule has 0 unspecified atom stereocenters. The van der Waals surface area contributed by atoms with Gasteiger partial charge in [0.05, 0.1) is 19.0 Å². The summed E-state index contributed by atoms with van der Waals surface area (Å²) in [5, 5.41) is 8.13. The van der Waals surface area contributed by atoms with E-state index in [0.29, 0.717) is 33.3 Å². The van der Waals surface area contributed by atoms with Crippen molar-refractivity contribution in [1.29, 1.82) is 0 Å². The molecule has 1 aromatic heterocycles. The van der Waals surface area contributed by atoms with Crippen LogP contribution in [-0.2, 0) is 6.61 Å². The van der Waals surface area contributed by atoms with Crippen LogP contribution in [0.1, 0.15) is 11.1 Å². The van der Waals surface area contributed by atoms with Crippen LogP contribution in [0.2, 0.25) is 10.0 Å². The van der Waals surface area contributed by atoms with Gasteiger partial charge in [0.25, 0.3) is 0 Å². The molecule has 0 amide bonds.